The molecule has 9 heteroatoms. The second-order valence-corrected chi connectivity index (χ2v) is 7.33. The topological polar surface area (TPSA) is 95.2 Å². The van der Waals surface area contributed by atoms with Gasteiger partial charge in [-0.3, -0.25) is 9.89 Å². The van der Waals surface area contributed by atoms with Crippen LogP contribution in [0.15, 0.2) is 18.3 Å². The van der Waals surface area contributed by atoms with E-state index in [0.717, 1.165) is 48.7 Å². The van der Waals surface area contributed by atoms with Crippen LogP contribution < -0.4 is 15.5 Å². The second-order valence-electron chi connectivity index (χ2n) is 7.33. The van der Waals surface area contributed by atoms with E-state index in [1.165, 1.54) is 0 Å². The molecule has 1 amide bonds. The highest BCUT2D eigenvalue weighted by molar-refractivity contribution is 5.94. The van der Waals surface area contributed by atoms with Crippen LogP contribution in [0.2, 0.25) is 0 Å². The van der Waals surface area contributed by atoms with Crippen LogP contribution in [-0.2, 0) is 24.2 Å². The van der Waals surface area contributed by atoms with Gasteiger partial charge in [0, 0.05) is 56.6 Å². The van der Waals surface area contributed by atoms with E-state index in [1.54, 1.807) is 0 Å². The lowest BCUT2D eigenvalue weighted by atomic mass is 10.1. The molecule has 152 valence electrons. The number of aromatic nitrogens is 3. The van der Waals surface area contributed by atoms with Gasteiger partial charge >= 0.3 is 0 Å². The molecular weight excluding hydrogens is 380 g/mol. The molecule has 0 aromatic carbocycles. The number of carbonyl (C=O) groups excluding carboxylic acids is 1. The molecule has 0 bridgehead atoms. The van der Waals surface area contributed by atoms with Gasteiger partial charge in [-0.05, 0) is 25.5 Å². The number of H-pyrrole nitrogens is 1. The van der Waals surface area contributed by atoms with Crippen molar-refractivity contribution in [3.05, 3.63) is 40.8 Å². The van der Waals surface area contributed by atoms with Gasteiger partial charge in [0.1, 0.15) is 5.82 Å². The SMILES string of the molecule is CC1CN(c2ccc(CNC(=O)c3n[nH]c4c3CNCC4)cn2)CC(C)O1.Cl. The Morgan fingerprint density at radius 3 is 2.82 bits per heavy atom. The fourth-order valence-corrected chi connectivity index (χ4v) is 3.75. The summed E-state index contributed by atoms with van der Waals surface area (Å²) < 4.78 is 5.77. The predicted molar refractivity (Wildman–Crippen MR) is 109 cm³/mol. The summed E-state index contributed by atoms with van der Waals surface area (Å²) in [6, 6.07) is 4.02. The van der Waals surface area contributed by atoms with Crippen LogP contribution in [0.4, 0.5) is 5.82 Å². The summed E-state index contributed by atoms with van der Waals surface area (Å²) in [6.07, 6.45) is 3.09. The lowest BCUT2D eigenvalue weighted by Gasteiger charge is -2.36. The van der Waals surface area contributed by atoms with Gasteiger partial charge < -0.3 is 20.3 Å². The zero-order chi connectivity index (χ0) is 18.8. The Bertz CT molecular complexity index is 799. The normalized spacial score (nSPS) is 21.6. The summed E-state index contributed by atoms with van der Waals surface area (Å²) in [5.41, 5.74) is 3.48. The van der Waals surface area contributed by atoms with Crippen molar-refractivity contribution in [3.63, 3.8) is 0 Å². The zero-order valence-electron chi connectivity index (χ0n) is 16.2. The molecule has 0 aliphatic carbocycles. The number of aromatic amines is 1. The quantitative estimate of drug-likeness (QED) is 0.710. The van der Waals surface area contributed by atoms with Gasteiger partial charge in [-0.1, -0.05) is 6.07 Å². The fraction of sp³-hybridized carbons (Fsp3) is 0.526. The number of amides is 1. The lowest BCUT2D eigenvalue weighted by molar-refractivity contribution is -0.00546. The van der Waals surface area contributed by atoms with Gasteiger partial charge in [-0.2, -0.15) is 5.10 Å². The van der Waals surface area contributed by atoms with Crippen molar-refractivity contribution in [2.45, 2.75) is 45.6 Å². The maximum Gasteiger partial charge on any atom is 0.272 e. The van der Waals surface area contributed by atoms with Crippen molar-refractivity contribution in [3.8, 4) is 0 Å². The van der Waals surface area contributed by atoms with Crippen molar-refractivity contribution in [2.24, 2.45) is 0 Å². The molecule has 2 unspecified atom stereocenters. The molecule has 8 nitrogen and oxygen atoms in total. The van der Waals surface area contributed by atoms with Gasteiger partial charge in [0.2, 0.25) is 0 Å². The van der Waals surface area contributed by atoms with E-state index in [2.05, 4.69) is 44.6 Å². The maximum atomic E-state index is 12.5. The van der Waals surface area contributed by atoms with Crippen LogP contribution in [0.5, 0.6) is 0 Å². The van der Waals surface area contributed by atoms with Crippen LogP contribution in [0, 0.1) is 0 Å². The highest BCUT2D eigenvalue weighted by Gasteiger charge is 2.23. The Kier molecular flexibility index (Phi) is 6.53. The number of ether oxygens (including phenoxy) is 1. The summed E-state index contributed by atoms with van der Waals surface area (Å²) in [5.74, 6) is 0.788. The first kappa shape index (κ1) is 20.6. The molecule has 0 saturated carbocycles. The average molecular weight is 407 g/mol. The van der Waals surface area contributed by atoms with Crippen LogP contribution in [-0.4, -0.2) is 52.9 Å². The standard InChI is InChI=1S/C19H26N6O2.ClH/c1-12-10-25(11-13(2)27-12)17-4-3-14(7-21-17)8-22-19(26)18-15-9-20-6-5-16(15)23-24-18;/h3-4,7,12-13,20H,5-6,8-11H2,1-2H3,(H,22,26)(H,23,24);1H. The first-order valence-electron chi connectivity index (χ1n) is 9.50. The summed E-state index contributed by atoms with van der Waals surface area (Å²) in [7, 11) is 0. The van der Waals surface area contributed by atoms with Crippen molar-refractivity contribution < 1.29 is 9.53 Å². The van der Waals surface area contributed by atoms with Crippen molar-refractivity contribution >= 4 is 24.1 Å². The Balaban J connectivity index is 0.00000225. The number of pyridine rings is 1. The molecule has 2 atom stereocenters. The average Bonchev–Trinajstić information content (AvgIpc) is 3.10. The van der Waals surface area contributed by atoms with Crippen LogP contribution in [0.25, 0.3) is 0 Å². The minimum Gasteiger partial charge on any atom is -0.372 e. The molecule has 1 fully saturated rings. The van der Waals surface area contributed by atoms with E-state index >= 15 is 0 Å². The minimum absolute atomic E-state index is 0. The number of hydrogen-bond donors (Lipinski definition) is 3. The van der Waals surface area contributed by atoms with E-state index in [4.69, 9.17) is 4.74 Å². The Hall–Kier alpha value is -2.16. The van der Waals surface area contributed by atoms with Gasteiger partial charge in [0.05, 0.1) is 12.2 Å². The predicted octanol–water partition coefficient (Wildman–Crippen LogP) is 1.42. The molecule has 2 aromatic heterocycles. The van der Waals surface area contributed by atoms with Crippen molar-refractivity contribution in [1.29, 1.82) is 0 Å². The van der Waals surface area contributed by atoms with Crippen molar-refractivity contribution in [2.75, 3.05) is 24.5 Å². The van der Waals surface area contributed by atoms with E-state index in [1.807, 2.05) is 18.3 Å². The highest BCUT2D eigenvalue weighted by atomic mass is 35.5. The smallest absolute Gasteiger partial charge is 0.272 e. The van der Waals surface area contributed by atoms with Gasteiger partial charge in [0.25, 0.3) is 5.91 Å². The molecule has 2 aromatic rings. The summed E-state index contributed by atoms with van der Waals surface area (Å²) in [5, 5.41) is 13.4. The number of carbonyl (C=O) groups is 1. The van der Waals surface area contributed by atoms with Crippen LogP contribution >= 0.6 is 12.4 Å². The van der Waals surface area contributed by atoms with Crippen LogP contribution in [0.3, 0.4) is 0 Å². The van der Waals surface area contributed by atoms with Crippen LogP contribution in [0.1, 0.15) is 41.2 Å². The molecule has 2 aliphatic rings. The number of halogens is 1. The fourth-order valence-electron chi connectivity index (χ4n) is 3.75. The number of morpholine rings is 1. The monoisotopic (exact) mass is 406 g/mol. The number of fused-ring (bicyclic) bond motifs is 1. The molecular formula is C19H27ClN6O2. The molecule has 28 heavy (non-hydrogen) atoms. The third-order valence-corrected chi connectivity index (χ3v) is 5.03. The van der Waals surface area contributed by atoms with Gasteiger partial charge in [-0.15, -0.1) is 12.4 Å². The Morgan fingerprint density at radius 1 is 1.32 bits per heavy atom. The third kappa shape index (κ3) is 4.45. The minimum atomic E-state index is -0.156. The molecule has 0 radical (unpaired) electrons. The first-order valence-corrected chi connectivity index (χ1v) is 9.50. The largest absolute Gasteiger partial charge is 0.372 e. The first-order chi connectivity index (χ1) is 13.1. The second kappa shape index (κ2) is 8.89. The highest BCUT2D eigenvalue weighted by Crippen LogP contribution is 2.19. The number of anilines is 1. The molecule has 4 heterocycles. The molecule has 2 aliphatic heterocycles. The molecule has 1 saturated heterocycles. The van der Waals surface area contributed by atoms with Crippen molar-refractivity contribution in [1.82, 2.24) is 25.8 Å². The van der Waals surface area contributed by atoms with Gasteiger partial charge in [0.15, 0.2) is 5.69 Å². The summed E-state index contributed by atoms with van der Waals surface area (Å²) in [6.45, 7) is 7.86. The van der Waals surface area contributed by atoms with Gasteiger partial charge in [-0.25, -0.2) is 4.98 Å². The summed E-state index contributed by atoms with van der Waals surface area (Å²) >= 11 is 0. The van der Waals surface area contributed by atoms with E-state index < -0.39 is 0 Å². The van der Waals surface area contributed by atoms with E-state index in [0.29, 0.717) is 18.8 Å². The third-order valence-electron chi connectivity index (χ3n) is 5.03. The number of nitrogens with zero attached hydrogens (tertiary/aromatic N) is 3. The number of rotatable bonds is 4. The number of hydrogen-bond acceptors (Lipinski definition) is 6. The number of nitrogens with one attached hydrogen (secondary N) is 3. The van der Waals surface area contributed by atoms with E-state index in [-0.39, 0.29) is 30.5 Å². The lowest BCUT2D eigenvalue weighted by Crippen LogP contribution is -2.45. The Morgan fingerprint density at radius 2 is 2.11 bits per heavy atom. The molecule has 4 rings (SSSR count). The maximum absolute atomic E-state index is 12.5. The molecule has 0 spiro atoms. The summed E-state index contributed by atoms with van der Waals surface area (Å²) in [4.78, 5) is 19.3. The zero-order valence-corrected chi connectivity index (χ0v) is 17.0. The van der Waals surface area contributed by atoms with E-state index in [9.17, 15) is 4.79 Å². The Labute approximate surface area is 170 Å². The molecule has 3 N–H and O–H groups in total.